The average molecular weight is 404 g/mol. The first kappa shape index (κ1) is 20.6. The van der Waals surface area contributed by atoms with Crippen LogP contribution in [0.25, 0.3) is 0 Å². The Bertz CT molecular complexity index is 1070. The SMILES string of the molecule is CCOC(=O)C1=C(C)NC(Nc2ccccc2)=C(C#N)[C@@H]1c1ccc([N+](=O)[O-])cc1. The number of hydrogen-bond donors (Lipinski definition) is 2. The number of nitrogens with one attached hydrogen (secondary N) is 2. The molecule has 8 heteroatoms. The van der Waals surface area contributed by atoms with E-state index in [0.29, 0.717) is 22.7 Å². The van der Waals surface area contributed by atoms with Crippen LogP contribution in [0.15, 0.2) is 77.3 Å². The second-order valence-electron chi connectivity index (χ2n) is 6.56. The fraction of sp³-hybridized carbons (Fsp3) is 0.182. The summed E-state index contributed by atoms with van der Waals surface area (Å²) in [6, 6.07) is 17.3. The quantitative estimate of drug-likeness (QED) is 0.425. The summed E-state index contributed by atoms with van der Waals surface area (Å²) >= 11 is 0. The summed E-state index contributed by atoms with van der Waals surface area (Å²) in [6.07, 6.45) is 0. The highest BCUT2D eigenvalue weighted by molar-refractivity contribution is 5.93. The highest BCUT2D eigenvalue weighted by Crippen LogP contribution is 2.39. The minimum Gasteiger partial charge on any atom is -0.463 e. The van der Waals surface area contributed by atoms with Crippen LogP contribution >= 0.6 is 0 Å². The van der Waals surface area contributed by atoms with Gasteiger partial charge in [0, 0.05) is 23.5 Å². The number of nitrogens with zero attached hydrogens (tertiary/aromatic N) is 2. The van der Waals surface area contributed by atoms with Gasteiger partial charge in [-0.3, -0.25) is 10.1 Å². The molecule has 0 aromatic heterocycles. The third-order valence-corrected chi connectivity index (χ3v) is 4.66. The van der Waals surface area contributed by atoms with Gasteiger partial charge in [-0.15, -0.1) is 0 Å². The van der Waals surface area contributed by atoms with E-state index >= 15 is 0 Å². The number of allylic oxidation sites excluding steroid dienone is 2. The Morgan fingerprint density at radius 1 is 1.23 bits per heavy atom. The number of carbonyl (C=O) groups is 1. The second kappa shape index (κ2) is 8.92. The smallest absolute Gasteiger partial charge is 0.336 e. The largest absolute Gasteiger partial charge is 0.463 e. The minimum atomic E-state index is -0.734. The molecule has 2 aromatic rings. The van der Waals surface area contributed by atoms with Gasteiger partial charge in [0.15, 0.2) is 0 Å². The van der Waals surface area contributed by atoms with E-state index in [1.165, 1.54) is 12.1 Å². The molecule has 0 spiro atoms. The fourth-order valence-corrected chi connectivity index (χ4v) is 3.31. The normalized spacial score (nSPS) is 15.8. The maximum Gasteiger partial charge on any atom is 0.336 e. The summed E-state index contributed by atoms with van der Waals surface area (Å²) in [5.41, 5.74) is 2.38. The van der Waals surface area contributed by atoms with Crippen molar-refractivity contribution in [2.24, 2.45) is 0 Å². The monoisotopic (exact) mass is 404 g/mol. The molecular formula is C22H20N4O4. The lowest BCUT2D eigenvalue weighted by Crippen LogP contribution is -2.32. The number of benzene rings is 2. The van der Waals surface area contributed by atoms with Gasteiger partial charge in [0.1, 0.15) is 5.82 Å². The van der Waals surface area contributed by atoms with Crippen LogP contribution < -0.4 is 10.6 Å². The van der Waals surface area contributed by atoms with E-state index in [-0.39, 0.29) is 17.9 Å². The number of dihydropyridines is 1. The number of esters is 1. The van der Waals surface area contributed by atoms with Gasteiger partial charge in [-0.25, -0.2) is 4.79 Å². The van der Waals surface area contributed by atoms with Gasteiger partial charge < -0.3 is 15.4 Å². The van der Waals surface area contributed by atoms with E-state index in [1.807, 2.05) is 30.3 Å². The van der Waals surface area contributed by atoms with Crippen LogP contribution in [-0.2, 0) is 9.53 Å². The van der Waals surface area contributed by atoms with Crippen molar-refractivity contribution < 1.29 is 14.5 Å². The lowest BCUT2D eigenvalue weighted by molar-refractivity contribution is -0.384. The Hall–Kier alpha value is -4.12. The van der Waals surface area contributed by atoms with E-state index < -0.39 is 16.8 Å². The van der Waals surface area contributed by atoms with Crippen LogP contribution in [0, 0.1) is 21.4 Å². The highest BCUT2D eigenvalue weighted by atomic mass is 16.6. The fourth-order valence-electron chi connectivity index (χ4n) is 3.31. The number of para-hydroxylation sites is 1. The maximum atomic E-state index is 12.7. The van der Waals surface area contributed by atoms with Crippen LogP contribution in [0.1, 0.15) is 25.3 Å². The molecule has 1 heterocycles. The zero-order valence-electron chi connectivity index (χ0n) is 16.5. The summed E-state index contributed by atoms with van der Waals surface area (Å²) in [5, 5.41) is 27.3. The molecule has 3 rings (SSSR count). The number of nitro groups is 1. The molecule has 8 nitrogen and oxygen atoms in total. The third kappa shape index (κ3) is 4.15. The molecule has 0 bridgehead atoms. The molecule has 1 aliphatic heterocycles. The van der Waals surface area contributed by atoms with E-state index in [9.17, 15) is 20.2 Å². The number of ether oxygens (including phenoxy) is 1. The van der Waals surface area contributed by atoms with Crippen molar-refractivity contribution in [3.63, 3.8) is 0 Å². The molecule has 152 valence electrons. The van der Waals surface area contributed by atoms with Crippen LogP contribution in [0.3, 0.4) is 0 Å². The number of carbonyl (C=O) groups excluding carboxylic acids is 1. The van der Waals surface area contributed by atoms with Crippen molar-refractivity contribution in [1.82, 2.24) is 5.32 Å². The molecule has 0 radical (unpaired) electrons. The van der Waals surface area contributed by atoms with E-state index in [0.717, 1.165) is 5.69 Å². The van der Waals surface area contributed by atoms with Crippen molar-refractivity contribution in [2.75, 3.05) is 11.9 Å². The topological polar surface area (TPSA) is 117 Å². The molecule has 0 amide bonds. The van der Waals surface area contributed by atoms with Crippen molar-refractivity contribution in [3.05, 3.63) is 92.9 Å². The Morgan fingerprint density at radius 2 is 1.90 bits per heavy atom. The van der Waals surface area contributed by atoms with Crippen molar-refractivity contribution >= 4 is 17.3 Å². The first-order chi connectivity index (χ1) is 14.5. The van der Waals surface area contributed by atoms with Crippen molar-refractivity contribution in [2.45, 2.75) is 19.8 Å². The van der Waals surface area contributed by atoms with E-state index in [1.54, 1.807) is 26.0 Å². The lowest BCUT2D eigenvalue weighted by Gasteiger charge is -2.30. The van der Waals surface area contributed by atoms with Gasteiger partial charge in [-0.1, -0.05) is 30.3 Å². The molecular weight excluding hydrogens is 384 g/mol. The molecule has 0 saturated heterocycles. The predicted octanol–water partition coefficient (Wildman–Crippen LogP) is 3.97. The molecule has 0 fully saturated rings. The number of anilines is 1. The first-order valence-corrected chi connectivity index (χ1v) is 9.31. The summed E-state index contributed by atoms with van der Waals surface area (Å²) in [6.45, 7) is 3.61. The minimum absolute atomic E-state index is 0.0730. The van der Waals surface area contributed by atoms with Gasteiger partial charge in [0.05, 0.1) is 34.7 Å². The summed E-state index contributed by atoms with van der Waals surface area (Å²) in [4.78, 5) is 23.2. The second-order valence-corrected chi connectivity index (χ2v) is 6.56. The number of hydrogen-bond acceptors (Lipinski definition) is 7. The first-order valence-electron chi connectivity index (χ1n) is 9.31. The van der Waals surface area contributed by atoms with Crippen molar-refractivity contribution in [3.8, 4) is 6.07 Å². The van der Waals surface area contributed by atoms with Crippen LogP contribution in [0.2, 0.25) is 0 Å². The molecule has 0 saturated carbocycles. The summed E-state index contributed by atoms with van der Waals surface area (Å²) in [5.74, 6) is -0.836. The van der Waals surface area contributed by atoms with Crippen LogP contribution in [0.4, 0.5) is 11.4 Å². The number of nitro benzene ring substituents is 1. The number of rotatable bonds is 6. The van der Waals surface area contributed by atoms with Gasteiger partial charge in [0.25, 0.3) is 5.69 Å². The molecule has 1 aliphatic rings. The number of nitriles is 1. The van der Waals surface area contributed by atoms with Crippen molar-refractivity contribution in [1.29, 1.82) is 5.26 Å². The summed E-state index contributed by atoms with van der Waals surface area (Å²) in [7, 11) is 0. The maximum absolute atomic E-state index is 12.7. The van der Waals surface area contributed by atoms with Crippen LogP contribution in [0.5, 0.6) is 0 Å². The standard InChI is InChI=1S/C22H20N4O4/c1-3-30-22(27)19-14(2)24-21(25-16-7-5-4-6-8-16)18(13-23)20(19)15-9-11-17(12-10-15)26(28)29/h4-12,20,24-25H,3H2,1-2H3/t20-/m0/s1. The summed E-state index contributed by atoms with van der Waals surface area (Å²) < 4.78 is 5.21. The van der Waals surface area contributed by atoms with Gasteiger partial charge in [-0.05, 0) is 31.5 Å². The molecule has 30 heavy (non-hydrogen) atoms. The van der Waals surface area contributed by atoms with E-state index in [4.69, 9.17) is 4.74 Å². The molecule has 2 aromatic carbocycles. The third-order valence-electron chi connectivity index (χ3n) is 4.66. The predicted molar refractivity (Wildman–Crippen MR) is 111 cm³/mol. The zero-order chi connectivity index (χ0) is 21.7. The van der Waals surface area contributed by atoms with Gasteiger partial charge in [0.2, 0.25) is 0 Å². The Balaban J connectivity index is 2.12. The molecule has 2 N–H and O–H groups in total. The molecule has 1 atom stereocenters. The number of non-ortho nitro benzene ring substituents is 1. The highest BCUT2D eigenvalue weighted by Gasteiger charge is 2.35. The van der Waals surface area contributed by atoms with E-state index in [2.05, 4.69) is 16.7 Å². The zero-order valence-corrected chi connectivity index (χ0v) is 16.5. The van der Waals surface area contributed by atoms with Gasteiger partial charge in [-0.2, -0.15) is 5.26 Å². The lowest BCUT2D eigenvalue weighted by atomic mass is 9.81. The Morgan fingerprint density at radius 3 is 2.47 bits per heavy atom. The van der Waals surface area contributed by atoms with Gasteiger partial charge >= 0.3 is 5.97 Å². The average Bonchev–Trinajstić information content (AvgIpc) is 2.74. The molecule has 0 unspecified atom stereocenters. The Labute approximate surface area is 173 Å². The Kier molecular flexibility index (Phi) is 6.13. The van der Waals surface area contributed by atoms with Crippen LogP contribution in [-0.4, -0.2) is 17.5 Å². The molecule has 0 aliphatic carbocycles.